The fourth-order valence-electron chi connectivity index (χ4n) is 2.70. The molecule has 18 heavy (non-hydrogen) atoms. The highest BCUT2D eigenvalue weighted by Crippen LogP contribution is 2.36. The Labute approximate surface area is 110 Å². The van der Waals surface area contributed by atoms with Gasteiger partial charge in [-0.05, 0) is 19.4 Å². The van der Waals surface area contributed by atoms with E-state index in [0.29, 0.717) is 13.1 Å². The fourth-order valence-corrected chi connectivity index (χ4v) is 2.70. The highest BCUT2D eigenvalue weighted by molar-refractivity contribution is 5.85. The van der Waals surface area contributed by atoms with Gasteiger partial charge >= 0.3 is 6.18 Å². The maximum Gasteiger partial charge on any atom is 0.389 e. The van der Waals surface area contributed by atoms with Crippen molar-refractivity contribution in [3.05, 3.63) is 0 Å². The minimum absolute atomic E-state index is 0. The summed E-state index contributed by atoms with van der Waals surface area (Å²) in [6.07, 6.45) is -3.71. The second-order valence-electron chi connectivity index (χ2n) is 5.11. The molecule has 2 fully saturated rings. The third kappa shape index (κ3) is 3.75. The number of likely N-dealkylation sites (tertiary alicyclic amines) is 1. The average molecular weight is 287 g/mol. The summed E-state index contributed by atoms with van der Waals surface area (Å²) in [6, 6.07) is 0. The predicted octanol–water partition coefficient (Wildman–Crippen LogP) is 1.96. The smallest absolute Gasteiger partial charge is 0.342 e. The van der Waals surface area contributed by atoms with Gasteiger partial charge in [0.05, 0.1) is 6.42 Å². The van der Waals surface area contributed by atoms with Gasteiger partial charge in [-0.15, -0.1) is 12.4 Å². The van der Waals surface area contributed by atoms with E-state index < -0.39 is 19.0 Å². The van der Waals surface area contributed by atoms with Crippen LogP contribution in [0, 0.1) is 5.41 Å². The molecule has 0 radical (unpaired) electrons. The van der Waals surface area contributed by atoms with Gasteiger partial charge in [-0.2, -0.15) is 13.2 Å². The summed E-state index contributed by atoms with van der Waals surface area (Å²) in [5.74, 6) is -0.355. The third-order valence-electron chi connectivity index (χ3n) is 3.75. The summed E-state index contributed by atoms with van der Waals surface area (Å²) in [6.45, 7) is 3.07. The van der Waals surface area contributed by atoms with Gasteiger partial charge < -0.3 is 10.2 Å². The van der Waals surface area contributed by atoms with Gasteiger partial charge in [0, 0.05) is 31.5 Å². The SMILES string of the molecule is Cl.O=C(CCC(F)(F)F)N1CCC2(CCNC2)C1. The minimum atomic E-state index is -4.23. The molecule has 2 aliphatic heterocycles. The summed E-state index contributed by atoms with van der Waals surface area (Å²) in [5.41, 5.74) is 0.133. The van der Waals surface area contributed by atoms with Crippen molar-refractivity contribution < 1.29 is 18.0 Å². The van der Waals surface area contributed by atoms with Crippen LogP contribution >= 0.6 is 12.4 Å². The van der Waals surface area contributed by atoms with Crippen LogP contribution in [-0.2, 0) is 4.79 Å². The van der Waals surface area contributed by atoms with Crippen molar-refractivity contribution in [3.8, 4) is 0 Å². The Hall–Kier alpha value is -0.490. The number of rotatable bonds is 2. The van der Waals surface area contributed by atoms with Crippen LogP contribution in [0.4, 0.5) is 13.2 Å². The molecule has 0 aromatic heterocycles. The molecule has 0 aliphatic carbocycles. The van der Waals surface area contributed by atoms with Crippen molar-refractivity contribution in [2.45, 2.75) is 31.9 Å². The number of carbonyl (C=O) groups is 1. The lowest BCUT2D eigenvalue weighted by Gasteiger charge is -2.22. The summed E-state index contributed by atoms with van der Waals surface area (Å²) >= 11 is 0. The summed E-state index contributed by atoms with van der Waals surface area (Å²) in [5, 5.41) is 3.25. The van der Waals surface area contributed by atoms with Crippen LogP contribution in [-0.4, -0.2) is 43.2 Å². The van der Waals surface area contributed by atoms with E-state index in [4.69, 9.17) is 0 Å². The van der Waals surface area contributed by atoms with Crippen LogP contribution in [0.25, 0.3) is 0 Å². The topological polar surface area (TPSA) is 32.3 Å². The molecule has 1 spiro atoms. The number of amides is 1. The van der Waals surface area contributed by atoms with E-state index in [2.05, 4.69) is 5.32 Å². The molecule has 3 nitrogen and oxygen atoms in total. The first-order valence-electron chi connectivity index (χ1n) is 5.96. The normalized spacial score (nSPS) is 27.6. The van der Waals surface area contributed by atoms with E-state index in [1.165, 1.54) is 0 Å². The molecule has 2 saturated heterocycles. The van der Waals surface area contributed by atoms with Crippen molar-refractivity contribution in [2.24, 2.45) is 5.41 Å². The Morgan fingerprint density at radius 3 is 2.61 bits per heavy atom. The quantitative estimate of drug-likeness (QED) is 0.842. The summed E-state index contributed by atoms with van der Waals surface area (Å²) < 4.78 is 36.0. The fraction of sp³-hybridized carbons (Fsp3) is 0.909. The van der Waals surface area contributed by atoms with Gasteiger partial charge in [0.2, 0.25) is 5.91 Å². The molecule has 0 aromatic carbocycles. The first-order valence-corrected chi connectivity index (χ1v) is 5.96. The lowest BCUT2D eigenvalue weighted by Crippen LogP contribution is -2.33. The number of carbonyl (C=O) groups excluding carboxylic acids is 1. The van der Waals surface area contributed by atoms with Crippen molar-refractivity contribution in [1.82, 2.24) is 10.2 Å². The van der Waals surface area contributed by atoms with Crippen molar-refractivity contribution in [1.29, 1.82) is 0 Å². The maximum atomic E-state index is 12.0. The standard InChI is InChI=1S/C11H17F3N2O.ClH/c12-11(13,14)2-1-9(17)16-6-4-10(8-16)3-5-15-7-10;/h15H,1-8H2;1H. The van der Waals surface area contributed by atoms with Crippen LogP contribution < -0.4 is 5.32 Å². The zero-order valence-electron chi connectivity index (χ0n) is 10.1. The molecular weight excluding hydrogens is 269 g/mol. The molecule has 0 saturated carbocycles. The van der Waals surface area contributed by atoms with Gasteiger partial charge in [0.1, 0.15) is 0 Å². The number of nitrogens with one attached hydrogen (secondary N) is 1. The molecule has 2 heterocycles. The van der Waals surface area contributed by atoms with E-state index in [1.807, 2.05) is 0 Å². The Morgan fingerprint density at radius 1 is 1.33 bits per heavy atom. The van der Waals surface area contributed by atoms with Crippen molar-refractivity contribution >= 4 is 18.3 Å². The van der Waals surface area contributed by atoms with Crippen LogP contribution in [0.15, 0.2) is 0 Å². The maximum absolute atomic E-state index is 12.0. The lowest BCUT2D eigenvalue weighted by molar-refractivity contribution is -0.148. The zero-order chi connectivity index (χ0) is 12.5. The largest absolute Gasteiger partial charge is 0.389 e. The highest BCUT2D eigenvalue weighted by Gasteiger charge is 2.42. The number of alkyl halides is 3. The Balaban J connectivity index is 0.00000162. The molecule has 1 atom stereocenters. The molecule has 0 bridgehead atoms. The number of halogens is 4. The predicted molar refractivity (Wildman–Crippen MR) is 63.7 cm³/mol. The van der Waals surface area contributed by atoms with Gasteiger partial charge in [0.25, 0.3) is 0 Å². The van der Waals surface area contributed by atoms with Crippen molar-refractivity contribution in [2.75, 3.05) is 26.2 Å². The van der Waals surface area contributed by atoms with Gasteiger partial charge in [-0.3, -0.25) is 4.79 Å². The van der Waals surface area contributed by atoms with Crippen LogP contribution in [0.3, 0.4) is 0 Å². The first kappa shape index (κ1) is 15.6. The zero-order valence-corrected chi connectivity index (χ0v) is 10.9. The number of nitrogens with zero attached hydrogens (tertiary/aromatic N) is 1. The van der Waals surface area contributed by atoms with E-state index in [9.17, 15) is 18.0 Å². The average Bonchev–Trinajstić information content (AvgIpc) is 2.85. The highest BCUT2D eigenvalue weighted by atomic mass is 35.5. The first-order chi connectivity index (χ1) is 7.90. The molecule has 2 aliphatic rings. The summed E-state index contributed by atoms with van der Waals surface area (Å²) in [4.78, 5) is 13.2. The molecule has 1 unspecified atom stereocenters. The second kappa shape index (κ2) is 5.65. The lowest BCUT2D eigenvalue weighted by atomic mass is 9.86. The van der Waals surface area contributed by atoms with Crippen LogP contribution in [0.1, 0.15) is 25.7 Å². The molecular formula is C11H18ClF3N2O. The Bertz CT molecular complexity index is 303. The van der Waals surface area contributed by atoms with Gasteiger partial charge in [-0.1, -0.05) is 0 Å². The van der Waals surface area contributed by atoms with Crippen LogP contribution in [0.2, 0.25) is 0 Å². The molecule has 106 valence electrons. The summed E-state index contributed by atoms with van der Waals surface area (Å²) in [7, 11) is 0. The van der Waals surface area contributed by atoms with Gasteiger partial charge in [-0.25, -0.2) is 0 Å². The molecule has 1 N–H and O–H groups in total. The molecule has 7 heteroatoms. The second-order valence-corrected chi connectivity index (χ2v) is 5.11. The monoisotopic (exact) mass is 286 g/mol. The third-order valence-corrected chi connectivity index (χ3v) is 3.75. The van der Waals surface area contributed by atoms with E-state index in [1.54, 1.807) is 4.90 Å². The van der Waals surface area contributed by atoms with Gasteiger partial charge in [0.15, 0.2) is 0 Å². The molecule has 0 aromatic rings. The van der Waals surface area contributed by atoms with Crippen LogP contribution in [0.5, 0.6) is 0 Å². The number of hydrogen-bond donors (Lipinski definition) is 1. The van der Waals surface area contributed by atoms with Crippen molar-refractivity contribution in [3.63, 3.8) is 0 Å². The Kier molecular flexibility index (Phi) is 4.89. The van der Waals surface area contributed by atoms with E-state index >= 15 is 0 Å². The number of hydrogen-bond acceptors (Lipinski definition) is 2. The minimum Gasteiger partial charge on any atom is -0.342 e. The molecule has 1 amide bonds. The van der Waals surface area contributed by atoms with E-state index in [0.717, 1.165) is 25.9 Å². The van der Waals surface area contributed by atoms with E-state index in [-0.39, 0.29) is 23.7 Å². The Morgan fingerprint density at radius 2 is 2.06 bits per heavy atom. The molecule has 2 rings (SSSR count).